The van der Waals surface area contributed by atoms with Crippen molar-refractivity contribution in [2.75, 3.05) is 26.4 Å². The van der Waals surface area contributed by atoms with Gasteiger partial charge in [-0.2, -0.15) is 0 Å². The van der Waals surface area contributed by atoms with Crippen molar-refractivity contribution in [3.05, 3.63) is 263 Å². The van der Waals surface area contributed by atoms with Crippen LogP contribution in [0.1, 0.15) is 63.7 Å². The van der Waals surface area contributed by atoms with E-state index in [-0.39, 0.29) is 113 Å². The Morgan fingerprint density at radius 2 is 0.480 bits per heavy atom. The van der Waals surface area contributed by atoms with E-state index in [1.807, 2.05) is 0 Å². The number of aliphatic carboxylic acids is 4. The maximum Gasteiger partial charge on any atom is 0.341 e. The van der Waals surface area contributed by atoms with E-state index in [1.165, 1.54) is 97.1 Å². The van der Waals surface area contributed by atoms with Gasteiger partial charge in [-0.3, -0.25) is 0 Å². The van der Waals surface area contributed by atoms with Gasteiger partial charge in [0.05, 0.1) is 22.3 Å². The van der Waals surface area contributed by atoms with Gasteiger partial charge in [-0.15, -0.1) is 0 Å². The molecular weight excluding hydrogens is 1310 g/mol. The van der Waals surface area contributed by atoms with E-state index in [9.17, 15) is 58.8 Å². The molecule has 0 aromatic heterocycles. The molecule has 19 rings (SSSR count). The molecule has 0 saturated heterocycles. The van der Waals surface area contributed by atoms with Crippen LogP contribution in [0.25, 0.3) is 65.3 Å². The molecule has 12 aromatic rings. The van der Waals surface area contributed by atoms with Gasteiger partial charge >= 0.3 is 47.8 Å². The second-order valence-corrected chi connectivity index (χ2v) is 23.2. The van der Waals surface area contributed by atoms with Crippen molar-refractivity contribution in [2.45, 2.75) is 26.4 Å². The van der Waals surface area contributed by atoms with Crippen LogP contribution in [0.15, 0.2) is 218 Å². The van der Waals surface area contributed by atoms with E-state index in [2.05, 4.69) is 0 Å². The topological polar surface area (TPSA) is 310 Å². The third-order valence-electron chi connectivity index (χ3n) is 16.4. The molecule has 102 heavy (non-hydrogen) atoms. The number of carboxylic acids is 4. The molecule has 7 aliphatic heterocycles. The molecule has 0 amide bonds. The average molecular weight is 1370 g/mol. The third-order valence-corrected chi connectivity index (χ3v) is 16.4. The zero-order chi connectivity index (χ0) is 71.0. The fourth-order valence-electron chi connectivity index (χ4n) is 12.0. The lowest BCUT2D eigenvalue weighted by molar-refractivity contribution is -0.140. The van der Waals surface area contributed by atoms with Gasteiger partial charge in [0.2, 0.25) is 0 Å². The van der Waals surface area contributed by atoms with Crippen molar-refractivity contribution < 1.29 is 106 Å². The van der Waals surface area contributed by atoms with Crippen LogP contribution in [0.2, 0.25) is 0 Å². The number of carboxylic acid groups (broad SMARTS) is 4. The van der Waals surface area contributed by atoms with Crippen LogP contribution in [-0.2, 0) is 64.6 Å². The van der Waals surface area contributed by atoms with E-state index in [0.29, 0.717) is 43.1 Å². The summed E-state index contributed by atoms with van der Waals surface area (Å²) in [5, 5.41) is 44.7. The van der Waals surface area contributed by atoms with Crippen LogP contribution in [0.3, 0.4) is 0 Å². The number of carbonyl (C=O) groups excluding carboxylic acids is 4. The Labute approximate surface area is 578 Å². The lowest BCUT2D eigenvalue weighted by Gasteiger charge is -2.23. The first-order chi connectivity index (χ1) is 49.5. The van der Waals surface area contributed by atoms with Gasteiger partial charge in [-0.1, -0.05) is 97.1 Å². The Balaban J connectivity index is 0.881. The third kappa shape index (κ3) is 14.7. The predicted octanol–water partition coefficient (Wildman–Crippen LogP) is 14.8. The van der Waals surface area contributed by atoms with Gasteiger partial charge in [-0.05, 0) is 164 Å². The Hall–Kier alpha value is -13.8. The lowest BCUT2D eigenvalue weighted by Crippen LogP contribution is -2.15. The van der Waals surface area contributed by atoms with E-state index >= 15 is 0 Å². The zero-order valence-electron chi connectivity index (χ0n) is 53.6. The molecule has 22 nitrogen and oxygen atoms in total. The van der Waals surface area contributed by atoms with Crippen molar-refractivity contribution in [2.24, 2.45) is 0 Å². The van der Waals surface area contributed by atoms with Crippen LogP contribution in [0.4, 0.5) is 0 Å². The molecule has 0 aliphatic carbocycles. The first-order valence-electron chi connectivity index (χ1n) is 31.5. The summed E-state index contributed by atoms with van der Waals surface area (Å²) < 4.78 is 60.6. The van der Waals surface area contributed by atoms with Crippen LogP contribution in [0, 0.1) is 0 Å². The molecular formula is C80H56O22. The molecule has 0 saturated carbocycles. The second kappa shape index (κ2) is 29.5. The van der Waals surface area contributed by atoms with Gasteiger partial charge in [0.25, 0.3) is 0 Å². The van der Waals surface area contributed by atoms with E-state index in [4.69, 9.17) is 47.4 Å². The molecule has 7 heterocycles. The molecule has 7 aliphatic rings. The first kappa shape index (κ1) is 66.8. The summed E-state index contributed by atoms with van der Waals surface area (Å²) in [5.41, 5.74) is 2.26. The van der Waals surface area contributed by atoms with Gasteiger partial charge < -0.3 is 67.8 Å². The van der Waals surface area contributed by atoms with E-state index in [0.717, 1.165) is 0 Å². The number of benzene rings is 12. The van der Waals surface area contributed by atoms with Gasteiger partial charge in [0, 0.05) is 44.5 Å². The normalized spacial score (nSPS) is 12.8. The molecule has 0 atom stereocenters. The number of hydrogen-bond acceptors (Lipinski definition) is 18. The smallest absolute Gasteiger partial charge is 0.341 e. The maximum atomic E-state index is 14.0. The van der Waals surface area contributed by atoms with Crippen LogP contribution < -0.4 is 28.4 Å². The molecule has 16 bridgehead atoms. The van der Waals surface area contributed by atoms with E-state index < -0.39 is 101 Å². The summed E-state index contributed by atoms with van der Waals surface area (Å²) >= 11 is 0. The highest BCUT2D eigenvalue weighted by Gasteiger charge is 2.30. The zero-order valence-corrected chi connectivity index (χ0v) is 53.6. The van der Waals surface area contributed by atoms with Gasteiger partial charge in [0.15, 0.2) is 26.4 Å². The summed E-state index contributed by atoms with van der Waals surface area (Å²) in [5.74, 6) is -7.53. The Morgan fingerprint density at radius 1 is 0.284 bits per heavy atom. The SMILES string of the molecule is O=C(O)COc1c2cc3ccccc3c1-c1c(OCC(=O)O)c(cc3ccccc13)COC(=O)c1ccc(cc1)Oc1ccc(cc1)C(=O)OCc1cc3ccccc3c(c1OCC(=O)O)-c1c(OCC(=O)O)c(cc3ccccc13)COC(=O)c1ccc(cc1)Oc1ccc(cc1)C(=O)OC2. The molecule has 0 spiro atoms. The predicted molar refractivity (Wildman–Crippen MR) is 369 cm³/mol. The fourth-order valence-corrected chi connectivity index (χ4v) is 12.0. The Morgan fingerprint density at radius 3 is 0.676 bits per heavy atom. The summed E-state index contributed by atoms with van der Waals surface area (Å²) in [7, 11) is 0. The van der Waals surface area contributed by atoms with Crippen molar-refractivity contribution in [1.82, 2.24) is 0 Å². The fraction of sp³-hybridized carbons (Fsp3) is 0.100. The number of rotatable bonds is 12. The molecule has 0 fully saturated rings. The molecule has 0 unspecified atom stereocenters. The highest BCUT2D eigenvalue weighted by molar-refractivity contribution is 6.13. The summed E-state index contributed by atoms with van der Waals surface area (Å²) in [6, 6.07) is 58.7. The summed E-state index contributed by atoms with van der Waals surface area (Å²) in [4.78, 5) is 106. The number of carbonyl (C=O) groups is 8. The van der Waals surface area contributed by atoms with Gasteiger partial charge in [-0.25, -0.2) is 38.4 Å². The highest BCUT2D eigenvalue weighted by atomic mass is 16.6. The molecule has 0 radical (unpaired) electrons. The number of fused-ring (bicyclic) bond motifs is 4. The van der Waals surface area contributed by atoms with Crippen LogP contribution >= 0.6 is 0 Å². The summed E-state index contributed by atoms with van der Waals surface area (Å²) in [6.45, 7) is -5.30. The van der Waals surface area contributed by atoms with Crippen molar-refractivity contribution >= 4 is 90.8 Å². The highest BCUT2D eigenvalue weighted by Crippen LogP contribution is 2.51. The largest absolute Gasteiger partial charge is 0.481 e. The molecule has 22 heteroatoms. The minimum atomic E-state index is -1.34. The monoisotopic (exact) mass is 1370 g/mol. The first-order valence-corrected chi connectivity index (χ1v) is 31.5. The Bertz CT molecular complexity index is 4660. The molecule has 12 aromatic carbocycles. The quantitative estimate of drug-likeness (QED) is 0.0652. The van der Waals surface area contributed by atoms with E-state index in [1.54, 1.807) is 121 Å². The van der Waals surface area contributed by atoms with Crippen molar-refractivity contribution in [1.29, 1.82) is 0 Å². The number of hydrogen-bond donors (Lipinski definition) is 4. The van der Waals surface area contributed by atoms with Crippen LogP contribution in [-0.4, -0.2) is 94.6 Å². The second-order valence-electron chi connectivity index (χ2n) is 23.2. The standard InChI is InChI=1S/C80H56O22/c81-65(82)41-93-73-53-33-49-9-1-5-13-61(49)69(73)70-62-14-6-2-10-50(62)34-54(74(70)94-42-66(83)84)38-98-78(90)46-19-27-59(28-20-46)102-60-31-23-48(24-32-60)80(92)100-40-56-36-52-12-4-8-16-64(52)72(76(56)96-44-68(87)88)71-63-15-7-3-11-51(63)35-55(75(71)95-43-67(85)86)39-99-79(91)47-21-29-58(30-22-47)101-57-25-17-45(18-26-57)77(89)97-37-53/h1-36H,37-44H2,(H,81,82)(H,83,84)(H,85,86)(H,87,88). The minimum absolute atomic E-state index is 0.0371. The minimum Gasteiger partial charge on any atom is -0.481 e. The molecule has 508 valence electrons. The number of esters is 4. The lowest BCUT2D eigenvalue weighted by atomic mass is 9.88. The van der Waals surface area contributed by atoms with Crippen LogP contribution in [0.5, 0.6) is 46.0 Å². The number of ether oxygens (including phenoxy) is 10. The molecule has 4 N–H and O–H groups in total. The van der Waals surface area contributed by atoms with Gasteiger partial charge in [0.1, 0.15) is 72.4 Å². The Kier molecular flexibility index (Phi) is 19.3. The van der Waals surface area contributed by atoms with Crippen molar-refractivity contribution in [3.63, 3.8) is 0 Å². The maximum absolute atomic E-state index is 14.0. The van der Waals surface area contributed by atoms with Crippen molar-refractivity contribution in [3.8, 4) is 68.2 Å². The average Bonchev–Trinajstić information content (AvgIpc) is 0.743. The summed E-state index contributed by atoms with van der Waals surface area (Å²) in [6.07, 6.45) is 0.